The quantitative estimate of drug-likeness (QED) is 0.823. The van der Waals surface area contributed by atoms with E-state index < -0.39 is 0 Å². The molecular weight excluding hydrogens is 248 g/mol. The average molecular weight is 261 g/mol. The molecule has 1 rings (SSSR count). The highest BCUT2D eigenvalue weighted by Crippen LogP contribution is 2.12. The topological polar surface area (TPSA) is 59.8 Å². The summed E-state index contributed by atoms with van der Waals surface area (Å²) in [6.07, 6.45) is 0. The molecule has 0 aliphatic rings. The second-order valence-electron chi connectivity index (χ2n) is 4.06. The number of hydrogen-bond donors (Lipinski definition) is 1. The van der Waals surface area contributed by atoms with Crippen molar-refractivity contribution in [3.63, 3.8) is 0 Å². The number of hydrogen-bond acceptors (Lipinski definition) is 3. The summed E-state index contributed by atoms with van der Waals surface area (Å²) in [5, 5.41) is 10.3. The SMILES string of the molecule is Cn1nnc(Br)c1C(=O)NC(C)(C)C. The molecule has 0 aliphatic heterocycles. The van der Waals surface area contributed by atoms with Crippen LogP contribution in [-0.2, 0) is 7.05 Å². The molecule has 1 aromatic rings. The largest absolute Gasteiger partial charge is 0.346 e. The lowest BCUT2D eigenvalue weighted by molar-refractivity contribution is 0.0909. The standard InChI is InChI=1S/C8H13BrN4O/c1-8(2,3)10-7(14)5-6(9)11-12-13(5)4/h1-4H3,(H,10,14). The van der Waals surface area contributed by atoms with Gasteiger partial charge in [0.15, 0.2) is 10.3 Å². The van der Waals surface area contributed by atoms with Gasteiger partial charge in [-0.2, -0.15) is 0 Å². The number of carbonyl (C=O) groups is 1. The maximum absolute atomic E-state index is 11.7. The van der Waals surface area contributed by atoms with Gasteiger partial charge in [0.25, 0.3) is 5.91 Å². The smallest absolute Gasteiger partial charge is 0.272 e. The molecule has 0 saturated heterocycles. The van der Waals surface area contributed by atoms with Gasteiger partial charge in [0.2, 0.25) is 0 Å². The summed E-state index contributed by atoms with van der Waals surface area (Å²) in [6, 6.07) is 0. The summed E-state index contributed by atoms with van der Waals surface area (Å²) in [7, 11) is 1.68. The molecule has 0 saturated carbocycles. The minimum Gasteiger partial charge on any atom is -0.346 e. The van der Waals surface area contributed by atoms with E-state index in [1.165, 1.54) is 4.68 Å². The summed E-state index contributed by atoms with van der Waals surface area (Å²) in [5.41, 5.74) is 0.167. The van der Waals surface area contributed by atoms with E-state index in [2.05, 4.69) is 31.6 Å². The molecule has 0 atom stereocenters. The number of nitrogens with zero attached hydrogens (tertiary/aromatic N) is 3. The number of rotatable bonds is 1. The van der Waals surface area contributed by atoms with Gasteiger partial charge in [-0.05, 0) is 36.7 Å². The number of aryl methyl sites for hydroxylation is 1. The van der Waals surface area contributed by atoms with Gasteiger partial charge in [-0.1, -0.05) is 5.21 Å². The molecule has 6 heteroatoms. The first kappa shape index (κ1) is 11.2. The molecule has 0 radical (unpaired) electrons. The van der Waals surface area contributed by atoms with Crippen LogP contribution >= 0.6 is 15.9 Å². The number of nitrogens with one attached hydrogen (secondary N) is 1. The molecule has 1 N–H and O–H groups in total. The predicted molar refractivity (Wildman–Crippen MR) is 55.9 cm³/mol. The van der Waals surface area contributed by atoms with E-state index in [4.69, 9.17) is 0 Å². The molecule has 1 aromatic heterocycles. The predicted octanol–water partition coefficient (Wildman–Crippen LogP) is 1.11. The van der Waals surface area contributed by atoms with Crippen LogP contribution in [0.3, 0.4) is 0 Å². The second kappa shape index (κ2) is 3.68. The Kier molecular flexibility index (Phi) is 2.94. The van der Waals surface area contributed by atoms with Crippen LogP contribution in [0.15, 0.2) is 4.60 Å². The van der Waals surface area contributed by atoms with Crippen LogP contribution in [0.4, 0.5) is 0 Å². The third kappa shape index (κ3) is 2.54. The first-order chi connectivity index (χ1) is 6.31. The zero-order chi connectivity index (χ0) is 10.9. The molecule has 0 aliphatic carbocycles. The van der Waals surface area contributed by atoms with Crippen LogP contribution in [-0.4, -0.2) is 26.4 Å². The van der Waals surface area contributed by atoms with E-state index in [1.807, 2.05) is 20.8 Å². The molecule has 0 bridgehead atoms. The van der Waals surface area contributed by atoms with Crippen LogP contribution in [0, 0.1) is 0 Å². The van der Waals surface area contributed by atoms with E-state index in [-0.39, 0.29) is 11.4 Å². The van der Waals surface area contributed by atoms with Gasteiger partial charge in [-0.3, -0.25) is 4.79 Å². The van der Waals surface area contributed by atoms with E-state index in [1.54, 1.807) is 7.05 Å². The van der Waals surface area contributed by atoms with Crippen molar-refractivity contribution in [3.8, 4) is 0 Å². The molecule has 0 unspecified atom stereocenters. The molecule has 1 amide bonds. The molecule has 0 spiro atoms. The molecule has 0 aromatic carbocycles. The van der Waals surface area contributed by atoms with Gasteiger partial charge >= 0.3 is 0 Å². The highest BCUT2D eigenvalue weighted by molar-refractivity contribution is 9.10. The fourth-order valence-electron chi connectivity index (χ4n) is 0.972. The van der Waals surface area contributed by atoms with Gasteiger partial charge in [0.05, 0.1) is 0 Å². The Hall–Kier alpha value is -0.910. The van der Waals surface area contributed by atoms with Gasteiger partial charge in [0.1, 0.15) is 0 Å². The van der Waals surface area contributed by atoms with Crippen molar-refractivity contribution in [2.24, 2.45) is 7.05 Å². The Labute approximate surface area is 91.0 Å². The van der Waals surface area contributed by atoms with Gasteiger partial charge in [0, 0.05) is 12.6 Å². The summed E-state index contributed by atoms with van der Waals surface area (Å²) in [6.45, 7) is 5.76. The Bertz CT molecular complexity index is 333. The van der Waals surface area contributed by atoms with Crippen molar-refractivity contribution >= 4 is 21.8 Å². The monoisotopic (exact) mass is 260 g/mol. The van der Waals surface area contributed by atoms with Crippen molar-refractivity contribution in [1.29, 1.82) is 0 Å². The average Bonchev–Trinajstić information content (AvgIpc) is 2.27. The lowest BCUT2D eigenvalue weighted by atomic mass is 10.1. The third-order valence-corrected chi connectivity index (χ3v) is 2.02. The van der Waals surface area contributed by atoms with E-state index in [9.17, 15) is 4.79 Å². The maximum Gasteiger partial charge on any atom is 0.272 e. The highest BCUT2D eigenvalue weighted by Gasteiger charge is 2.21. The van der Waals surface area contributed by atoms with Gasteiger partial charge in [-0.25, -0.2) is 4.68 Å². The summed E-state index contributed by atoms with van der Waals surface area (Å²) >= 11 is 3.17. The number of halogens is 1. The minimum atomic E-state index is -0.263. The van der Waals surface area contributed by atoms with Gasteiger partial charge < -0.3 is 5.32 Å². The van der Waals surface area contributed by atoms with Gasteiger partial charge in [-0.15, -0.1) is 5.10 Å². The molecule has 1 heterocycles. The van der Waals surface area contributed by atoms with Crippen LogP contribution in [0.1, 0.15) is 31.3 Å². The fraction of sp³-hybridized carbons (Fsp3) is 0.625. The highest BCUT2D eigenvalue weighted by atomic mass is 79.9. The summed E-state index contributed by atoms with van der Waals surface area (Å²) in [4.78, 5) is 11.7. The van der Waals surface area contributed by atoms with Crippen molar-refractivity contribution in [1.82, 2.24) is 20.3 Å². The number of carbonyl (C=O) groups excluding carboxylic acids is 1. The van der Waals surface area contributed by atoms with Crippen LogP contribution in [0.5, 0.6) is 0 Å². The molecule has 5 nitrogen and oxygen atoms in total. The van der Waals surface area contributed by atoms with Crippen LogP contribution in [0.2, 0.25) is 0 Å². The molecule has 14 heavy (non-hydrogen) atoms. The lowest BCUT2D eigenvalue weighted by Crippen LogP contribution is -2.41. The Morgan fingerprint density at radius 3 is 2.43 bits per heavy atom. The minimum absolute atomic E-state index is 0.183. The van der Waals surface area contributed by atoms with E-state index in [0.717, 1.165) is 0 Å². The summed E-state index contributed by atoms with van der Waals surface area (Å²) in [5.74, 6) is -0.183. The molecular formula is C8H13BrN4O. The Balaban J connectivity index is 2.90. The molecule has 0 fully saturated rings. The number of amides is 1. The normalized spacial score (nSPS) is 11.5. The second-order valence-corrected chi connectivity index (χ2v) is 4.81. The Morgan fingerprint density at radius 2 is 2.07 bits per heavy atom. The van der Waals surface area contributed by atoms with Crippen LogP contribution in [0.25, 0.3) is 0 Å². The van der Waals surface area contributed by atoms with Crippen molar-refractivity contribution in [2.75, 3.05) is 0 Å². The van der Waals surface area contributed by atoms with Crippen molar-refractivity contribution < 1.29 is 4.79 Å². The van der Waals surface area contributed by atoms with E-state index >= 15 is 0 Å². The van der Waals surface area contributed by atoms with E-state index in [0.29, 0.717) is 10.3 Å². The first-order valence-corrected chi connectivity index (χ1v) is 4.98. The van der Waals surface area contributed by atoms with Crippen LogP contribution < -0.4 is 5.32 Å². The van der Waals surface area contributed by atoms with Crippen molar-refractivity contribution in [2.45, 2.75) is 26.3 Å². The third-order valence-electron chi connectivity index (χ3n) is 1.49. The zero-order valence-corrected chi connectivity index (χ0v) is 10.2. The lowest BCUT2D eigenvalue weighted by Gasteiger charge is -2.20. The Morgan fingerprint density at radius 1 is 1.50 bits per heavy atom. The zero-order valence-electron chi connectivity index (χ0n) is 8.63. The first-order valence-electron chi connectivity index (χ1n) is 4.19. The molecule has 78 valence electrons. The summed E-state index contributed by atoms with van der Waals surface area (Å²) < 4.78 is 1.90. The maximum atomic E-state index is 11.7. The number of aromatic nitrogens is 3. The van der Waals surface area contributed by atoms with Crippen molar-refractivity contribution in [3.05, 3.63) is 10.3 Å². The fourth-order valence-corrected chi connectivity index (χ4v) is 1.48.